The van der Waals surface area contributed by atoms with Gasteiger partial charge >= 0.3 is 0 Å². The lowest BCUT2D eigenvalue weighted by atomic mass is 10.1. The van der Waals surface area contributed by atoms with Crippen LogP contribution in [0.15, 0.2) is 24.3 Å². The molecule has 17 heavy (non-hydrogen) atoms. The molecule has 2 aromatic rings. The Morgan fingerprint density at radius 2 is 2.12 bits per heavy atom. The molecule has 2 rings (SSSR count). The number of hydrogen-bond donors (Lipinski definition) is 2. The molecular formula is C12H14F2N2O. The minimum atomic E-state index is -2.92. The van der Waals surface area contributed by atoms with E-state index in [0.29, 0.717) is 11.3 Å². The normalized spacial score (nSPS) is 12.0. The van der Waals surface area contributed by atoms with Gasteiger partial charge in [-0.1, -0.05) is 0 Å². The molecule has 3 nitrogen and oxygen atoms in total. The van der Waals surface area contributed by atoms with Crippen molar-refractivity contribution in [3.63, 3.8) is 0 Å². The zero-order valence-electron chi connectivity index (χ0n) is 9.47. The van der Waals surface area contributed by atoms with Gasteiger partial charge in [0.05, 0.1) is 12.8 Å². The van der Waals surface area contributed by atoms with Crippen molar-refractivity contribution in [1.29, 1.82) is 0 Å². The highest BCUT2D eigenvalue weighted by molar-refractivity contribution is 5.82. The maximum atomic E-state index is 13.6. The lowest BCUT2D eigenvalue weighted by molar-refractivity contribution is -0.0144. The molecule has 0 spiro atoms. The predicted molar refractivity (Wildman–Crippen MR) is 62.4 cm³/mol. The molecule has 0 saturated heterocycles. The predicted octanol–water partition coefficient (Wildman–Crippen LogP) is 2.62. The van der Waals surface area contributed by atoms with Crippen LogP contribution >= 0.6 is 0 Å². The first kappa shape index (κ1) is 11.9. The van der Waals surface area contributed by atoms with Crippen LogP contribution in [-0.2, 0) is 5.92 Å². The van der Waals surface area contributed by atoms with Crippen LogP contribution in [0, 0.1) is 0 Å². The third kappa shape index (κ3) is 2.24. The van der Waals surface area contributed by atoms with Crippen LogP contribution in [-0.4, -0.2) is 18.6 Å². The molecule has 0 atom stereocenters. The second-order valence-corrected chi connectivity index (χ2v) is 3.88. The summed E-state index contributed by atoms with van der Waals surface area (Å²) in [7, 11) is 1.54. The summed E-state index contributed by atoms with van der Waals surface area (Å²) in [5.74, 6) is -2.28. The van der Waals surface area contributed by atoms with Gasteiger partial charge in [-0.25, -0.2) is 0 Å². The van der Waals surface area contributed by atoms with E-state index in [2.05, 4.69) is 4.98 Å². The molecule has 0 fully saturated rings. The number of alkyl halides is 2. The number of rotatable bonds is 4. The number of fused-ring (bicyclic) bond motifs is 1. The van der Waals surface area contributed by atoms with Gasteiger partial charge in [-0.05, 0) is 24.7 Å². The van der Waals surface area contributed by atoms with E-state index in [-0.39, 0.29) is 18.7 Å². The second kappa shape index (κ2) is 4.33. The topological polar surface area (TPSA) is 51.0 Å². The van der Waals surface area contributed by atoms with Gasteiger partial charge in [0.2, 0.25) is 0 Å². The van der Waals surface area contributed by atoms with Crippen molar-refractivity contribution >= 4 is 10.9 Å². The van der Waals surface area contributed by atoms with E-state index in [0.717, 1.165) is 5.39 Å². The SMILES string of the molecule is COc1ccc2cc(C(F)(F)CCN)[nH]c2c1. The Labute approximate surface area is 97.6 Å². The second-order valence-electron chi connectivity index (χ2n) is 3.88. The third-order valence-electron chi connectivity index (χ3n) is 2.68. The minimum absolute atomic E-state index is 0.0499. The monoisotopic (exact) mass is 240 g/mol. The van der Waals surface area contributed by atoms with Crippen LogP contribution in [0.3, 0.4) is 0 Å². The van der Waals surface area contributed by atoms with Gasteiger partial charge in [0.1, 0.15) is 5.75 Å². The van der Waals surface area contributed by atoms with E-state index < -0.39 is 5.92 Å². The number of aromatic nitrogens is 1. The molecule has 0 saturated carbocycles. The van der Waals surface area contributed by atoms with Crippen molar-refractivity contribution in [2.45, 2.75) is 12.3 Å². The zero-order valence-corrected chi connectivity index (χ0v) is 9.47. The highest BCUT2D eigenvalue weighted by Gasteiger charge is 2.32. The number of ether oxygens (including phenoxy) is 1. The van der Waals surface area contributed by atoms with Crippen molar-refractivity contribution < 1.29 is 13.5 Å². The molecule has 1 aromatic heterocycles. The van der Waals surface area contributed by atoms with E-state index >= 15 is 0 Å². The fraction of sp³-hybridized carbons (Fsp3) is 0.333. The Balaban J connectivity index is 2.44. The summed E-state index contributed by atoms with van der Waals surface area (Å²) >= 11 is 0. The number of hydrogen-bond acceptors (Lipinski definition) is 2. The Bertz CT molecular complexity index is 522. The van der Waals surface area contributed by atoms with Gasteiger partial charge in [0.25, 0.3) is 5.92 Å². The molecule has 1 heterocycles. The summed E-state index contributed by atoms with van der Waals surface area (Å²) in [5.41, 5.74) is 5.71. The molecule has 3 N–H and O–H groups in total. The Morgan fingerprint density at radius 3 is 2.76 bits per heavy atom. The third-order valence-corrected chi connectivity index (χ3v) is 2.68. The molecule has 0 aliphatic rings. The van der Waals surface area contributed by atoms with Gasteiger partial charge in [-0.2, -0.15) is 8.78 Å². The maximum absolute atomic E-state index is 13.6. The Kier molecular flexibility index (Phi) is 3.02. The molecule has 0 aliphatic heterocycles. The number of aromatic amines is 1. The molecule has 5 heteroatoms. The largest absolute Gasteiger partial charge is 0.497 e. The van der Waals surface area contributed by atoms with Gasteiger partial charge in [-0.3, -0.25) is 0 Å². The Hall–Kier alpha value is -1.62. The lowest BCUT2D eigenvalue weighted by Crippen LogP contribution is -2.18. The summed E-state index contributed by atoms with van der Waals surface area (Å²) < 4.78 is 32.3. The standard InChI is InChI=1S/C12H14F2N2O/c1-17-9-3-2-8-6-11(16-10(8)7-9)12(13,14)4-5-15/h2-3,6-7,16H,4-5,15H2,1H3. The molecule has 0 radical (unpaired) electrons. The fourth-order valence-electron chi connectivity index (χ4n) is 1.75. The molecule has 1 aromatic carbocycles. The van der Waals surface area contributed by atoms with Crippen molar-refractivity contribution in [3.8, 4) is 5.75 Å². The summed E-state index contributed by atoms with van der Waals surface area (Å²) in [6.45, 7) is -0.0499. The van der Waals surface area contributed by atoms with Crippen molar-refractivity contribution in [1.82, 2.24) is 4.98 Å². The van der Waals surface area contributed by atoms with E-state index in [1.165, 1.54) is 13.2 Å². The van der Waals surface area contributed by atoms with Crippen LogP contribution in [0.5, 0.6) is 5.75 Å². The first-order valence-electron chi connectivity index (χ1n) is 5.32. The highest BCUT2D eigenvalue weighted by Crippen LogP contribution is 2.33. The van der Waals surface area contributed by atoms with Gasteiger partial charge in [0, 0.05) is 23.4 Å². The fourth-order valence-corrected chi connectivity index (χ4v) is 1.75. The first-order valence-corrected chi connectivity index (χ1v) is 5.32. The Morgan fingerprint density at radius 1 is 1.35 bits per heavy atom. The number of halogens is 2. The number of methoxy groups -OCH3 is 1. The smallest absolute Gasteiger partial charge is 0.288 e. The number of nitrogens with one attached hydrogen (secondary N) is 1. The molecular weight excluding hydrogens is 226 g/mol. The highest BCUT2D eigenvalue weighted by atomic mass is 19.3. The minimum Gasteiger partial charge on any atom is -0.497 e. The van der Waals surface area contributed by atoms with Gasteiger partial charge in [0.15, 0.2) is 0 Å². The molecule has 0 unspecified atom stereocenters. The molecule has 0 aliphatic carbocycles. The lowest BCUT2D eigenvalue weighted by Gasteiger charge is -2.12. The summed E-state index contributed by atoms with van der Waals surface area (Å²) in [5, 5.41) is 0.734. The van der Waals surface area contributed by atoms with Crippen LogP contribution in [0.1, 0.15) is 12.1 Å². The number of benzene rings is 1. The average molecular weight is 240 g/mol. The zero-order chi connectivity index (χ0) is 12.5. The van der Waals surface area contributed by atoms with Crippen molar-refractivity contribution in [3.05, 3.63) is 30.0 Å². The first-order chi connectivity index (χ1) is 8.06. The summed E-state index contributed by atoms with van der Waals surface area (Å²) in [6, 6.07) is 6.62. The van der Waals surface area contributed by atoms with Crippen molar-refractivity contribution in [2.24, 2.45) is 5.73 Å². The van der Waals surface area contributed by atoms with Crippen LogP contribution in [0.25, 0.3) is 10.9 Å². The van der Waals surface area contributed by atoms with Crippen LogP contribution in [0.2, 0.25) is 0 Å². The maximum Gasteiger partial charge on any atom is 0.288 e. The van der Waals surface area contributed by atoms with Crippen LogP contribution < -0.4 is 10.5 Å². The summed E-state index contributed by atoms with van der Waals surface area (Å²) in [4.78, 5) is 2.71. The van der Waals surface area contributed by atoms with E-state index in [1.54, 1.807) is 18.2 Å². The van der Waals surface area contributed by atoms with Crippen LogP contribution in [0.4, 0.5) is 8.78 Å². The number of H-pyrrole nitrogens is 1. The number of nitrogens with two attached hydrogens (primary N) is 1. The van der Waals surface area contributed by atoms with Gasteiger partial charge in [-0.15, -0.1) is 0 Å². The average Bonchev–Trinajstić information content (AvgIpc) is 2.72. The molecule has 0 bridgehead atoms. The molecule has 92 valence electrons. The summed E-state index contributed by atoms with van der Waals surface area (Å²) in [6.07, 6.45) is -0.364. The quantitative estimate of drug-likeness (QED) is 0.863. The van der Waals surface area contributed by atoms with E-state index in [9.17, 15) is 8.78 Å². The van der Waals surface area contributed by atoms with E-state index in [1.807, 2.05) is 0 Å². The van der Waals surface area contributed by atoms with E-state index in [4.69, 9.17) is 10.5 Å². The van der Waals surface area contributed by atoms with Crippen molar-refractivity contribution in [2.75, 3.05) is 13.7 Å². The molecule has 0 amide bonds. The van der Waals surface area contributed by atoms with Gasteiger partial charge < -0.3 is 15.5 Å².